The lowest BCUT2D eigenvalue weighted by molar-refractivity contribution is 0.353. The molecule has 3 heterocycles. The molecule has 28 heavy (non-hydrogen) atoms. The van der Waals surface area contributed by atoms with E-state index in [4.69, 9.17) is 9.47 Å². The molecule has 0 aliphatic carbocycles. The van der Waals surface area contributed by atoms with E-state index in [1.165, 1.54) is 7.11 Å². The maximum atomic E-state index is 5.40. The van der Waals surface area contributed by atoms with Gasteiger partial charge in [-0.1, -0.05) is 6.07 Å². The molecule has 8 heteroatoms. The number of pyridine rings is 1. The van der Waals surface area contributed by atoms with Crippen LogP contribution in [0.3, 0.4) is 0 Å². The Bertz CT molecular complexity index is 1130. The zero-order chi connectivity index (χ0) is 19.5. The number of benzene rings is 1. The van der Waals surface area contributed by atoms with Gasteiger partial charge in [0.2, 0.25) is 5.88 Å². The van der Waals surface area contributed by atoms with E-state index in [-0.39, 0.29) is 6.01 Å². The van der Waals surface area contributed by atoms with Crippen molar-refractivity contribution in [1.82, 2.24) is 24.9 Å². The van der Waals surface area contributed by atoms with Gasteiger partial charge in [0.25, 0.3) is 0 Å². The minimum atomic E-state index is 0.252. The quantitative estimate of drug-likeness (QED) is 0.569. The molecule has 0 spiro atoms. The van der Waals surface area contributed by atoms with Crippen molar-refractivity contribution < 1.29 is 9.47 Å². The second kappa shape index (κ2) is 7.43. The Morgan fingerprint density at radius 1 is 0.929 bits per heavy atom. The SMILES string of the molecule is CNc1nc(-c2cccnc2)nc2ccc(-c3cnc(OC)nc3OC)cc12. The fourth-order valence-electron chi connectivity index (χ4n) is 2.91. The van der Waals surface area contributed by atoms with Gasteiger partial charge in [-0.05, 0) is 29.8 Å². The number of hydrogen-bond donors (Lipinski definition) is 1. The number of fused-ring (bicyclic) bond motifs is 1. The average Bonchev–Trinajstić information content (AvgIpc) is 2.78. The van der Waals surface area contributed by atoms with E-state index in [2.05, 4.69) is 30.2 Å². The van der Waals surface area contributed by atoms with Crippen molar-refractivity contribution >= 4 is 16.7 Å². The predicted octanol–water partition coefficient (Wildman–Crippen LogP) is 3.21. The number of nitrogens with zero attached hydrogens (tertiary/aromatic N) is 5. The minimum Gasteiger partial charge on any atom is -0.480 e. The van der Waals surface area contributed by atoms with Crippen LogP contribution in [0, 0.1) is 0 Å². The molecule has 0 radical (unpaired) electrons. The summed E-state index contributed by atoms with van der Waals surface area (Å²) in [6.07, 6.45) is 5.14. The fraction of sp³-hybridized carbons (Fsp3) is 0.150. The van der Waals surface area contributed by atoms with Gasteiger partial charge >= 0.3 is 6.01 Å². The monoisotopic (exact) mass is 374 g/mol. The predicted molar refractivity (Wildman–Crippen MR) is 106 cm³/mol. The van der Waals surface area contributed by atoms with Crippen molar-refractivity contribution in [3.63, 3.8) is 0 Å². The zero-order valence-electron chi connectivity index (χ0n) is 15.7. The summed E-state index contributed by atoms with van der Waals surface area (Å²) < 4.78 is 10.5. The van der Waals surface area contributed by atoms with Gasteiger partial charge < -0.3 is 14.8 Å². The van der Waals surface area contributed by atoms with Crippen LogP contribution >= 0.6 is 0 Å². The molecule has 0 aliphatic rings. The van der Waals surface area contributed by atoms with E-state index in [1.807, 2.05) is 37.4 Å². The molecular weight excluding hydrogens is 356 g/mol. The molecule has 1 aromatic carbocycles. The topological polar surface area (TPSA) is 94.9 Å². The largest absolute Gasteiger partial charge is 0.480 e. The number of anilines is 1. The van der Waals surface area contributed by atoms with Crippen molar-refractivity contribution in [1.29, 1.82) is 0 Å². The van der Waals surface area contributed by atoms with Crippen LogP contribution in [0.15, 0.2) is 48.9 Å². The highest BCUT2D eigenvalue weighted by molar-refractivity contribution is 5.94. The first-order chi connectivity index (χ1) is 13.7. The van der Waals surface area contributed by atoms with Crippen molar-refractivity contribution in [3.8, 4) is 34.4 Å². The Kier molecular flexibility index (Phi) is 4.67. The molecule has 140 valence electrons. The maximum absolute atomic E-state index is 5.40. The highest BCUT2D eigenvalue weighted by Gasteiger charge is 2.14. The third kappa shape index (κ3) is 3.16. The van der Waals surface area contributed by atoms with Crippen LogP contribution in [0.2, 0.25) is 0 Å². The van der Waals surface area contributed by atoms with Gasteiger partial charge in [0.15, 0.2) is 5.82 Å². The smallest absolute Gasteiger partial charge is 0.319 e. The van der Waals surface area contributed by atoms with Crippen LogP contribution in [-0.4, -0.2) is 46.2 Å². The van der Waals surface area contributed by atoms with E-state index in [1.54, 1.807) is 25.7 Å². The van der Waals surface area contributed by atoms with Crippen molar-refractivity contribution in [3.05, 3.63) is 48.9 Å². The van der Waals surface area contributed by atoms with Gasteiger partial charge in [0, 0.05) is 36.6 Å². The number of nitrogens with one attached hydrogen (secondary N) is 1. The summed E-state index contributed by atoms with van der Waals surface area (Å²) in [6.45, 7) is 0. The number of aromatic nitrogens is 5. The van der Waals surface area contributed by atoms with Gasteiger partial charge in [-0.15, -0.1) is 0 Å². The minimum absolute atomic E-state index is 0.252. The van der Waals surface area contributed by atoms with Crippen LogP contribution in [0.4, 0.5) is 5.82 Å². The molecule has 4 aromatic rings. The summed E-state index contributed by atoms with van der Waals surface area (Å²) in [5.74, 6) is 1.77. The molecule has 0 unspecified atom stereocenters. The molecule has 0 fully saturated rings. The molecule has 1 N–H and O–H groups in total. The molecule has 0 saturated carbocycles. The lowest BCUT2D eigenvalue weighted by atomic mass is 10.1. The maximum Gasteiger partial charge on any atom is 0.319 e. The third-order valence-electron chi connectivity index (χ3n) is 4.27. The number of ether oxygens (including phenoxy) is 2. The Morgan fingerprint density at radius 3 is 2.54 bits per heavy atom. The second-order valence-corrected chi connectivity index (χ2v) is 5.90. The first-order valence-electron chi connectivity index (χ1n) is 8.59. The van der Waals surface area contributed by atoms with Crippen LogP contribution < -0.4 is 14.8 Å². The van der Waals surface area contributed by atoms with E-state index in [0.717, 1.165) is 33.4 Å². The van der Waals surface area contributed by atoms with Gasteiger partial charge in [0.1, 0.15) is 5.82 Å². The molecular formula is C20H18N6O2. The Hall–Kier alpha value is -3.81. The number of methoxy groups -OCH3 is 2. The van der Waals surface area contributed by atoms with Gasteiger partial charge in [-0.3, -0.25) is 4.98 Å². The first-order valence-corrected chi connectivity index (χ1v) is 8.59. The fourth-order valence-corrected chi connectivity index (χ4v) is 2.91. The Labute approximate surface area is 161 Å². The standard InChI is InChI=1S/C20H18N6O2/c1-21-18-14-9-12(15-11-23-20(28-3)26-19(15)27-2)6-7-16(14)24-17(25-18)13-5-4-8-22-10-13/h4-11H,1-3H3,(H,21,24,25). The van der Waals surface area contributed by atoms with E-state index >= 15 is 0 Å². The molecule has 0 saturated heterocycles. The van der Waals surface area contributed by atoms with Crippen LogP contribution in [0.25, 0.3) is 33.4 Å². The average molecular weight is 374 g/mol. The van der Waals surface area contributed by atoms with Crippen LogP contribution in [-0.2, 0) is 0 Å². The number of hydrogen-bond acceptors (Lipinski definition) is 8. The summed E-state index contributed by atoms with van der Waals surface area (Å²) >= 11 is 0. The van der Waals surface area contributed by atoms with E-state index in [0.29, 0.717) is 11.7 Å². The Morgan fingerprint density at radius 2 is 1.82 bits per heavy atom. The first kappa shape index (κ1) is 17.6. The van der Waals surface area contributed by atoms with Crippen molar-refractivity contribution in [2.75, 3.05) is 26.6 Å². The molecule has 0 aliphatic heterocycles. The van der Waals surface area contributed by atoms with Gasteiger partial charge in [-0.25, -0.2) is 15.0 Å². The van der Waals surface area contributed by atoms with E-state index in [9.17, 15) is 0 Å². The van der Waals surface area contributed by atoms with Gasteiger partial charge in [-0.2, -0.15) is 4.98 Å². The summed E-state index contributed by atoms with van der Waals surface area (Å²) in [4.78, 5) is 21.9. The Balaban J connectivity index is 1.86. The summed E-state index contributed by atoms with van der Waals surface area (Å²) in [5.41, 5.74) is 3.32. The van der Waals surface area contributed by atoms with Crippen molar-refractivity contribution in [2.45, 2.75) is 0 Å². The normalized spacial score (nSPS) is 10.7. The molecule has 3 aromatic heterocycles. The molecule has 8 nitrogen and oxygen atoms in total. The molecule has 0 amide bonds. The lowest BCUT2D eigenvalue weighted by Crippen LogP contribution is -2.00. The zero-order valence-corrected chi connectivity index (χ0v) is 15.7. The summed E-state index contributed by atoms with van der Waals surface area (Å²) in [6, 6.07) is 9.93. The second-order valence-electron chi connectivity index (χ2n) is 5.90. The molecule has 4 rings (SSSR count). The molecule has 0 atom stereocenters. The summed E-state index contributed by atoms with van der Waals surface area (Å²) in [7, 11) is 4.91. The summed E-state index contributed by atoms with van der Waals surface area (Å²) in [5, 5.41) is 4.03. The van der Waals surface area contributed by atoms with Gasteiger partial charge in [0.05, 0.1) is 25.3 Å². The van der Waals surface area contributed by atoms with E-state index < -0.39 is 0 Å². The van der Waals surface area contributed by atoms with Crippen LogP contribution in [0.1, 0.15) is 0 Å². The third-order valence-corrected chi connectivity index (χ3v) is 4.27. The highest BCUT2D eigenvalue weighted by atomic mass is 16.5. The highest BCUT2D eigenvalue weighted by Crippen LogP contribution is 2.33. The number of rotatable bonds is 5. The molecule has 0 bridgehead atoms. The van der Waals surface area contributed by atoms with Crippen LogP contribution in [0.5, 0.6) is 11.9 Å². The van der Waals surface area contributed by atoms with Crippen molar-refractivity contribution in [2.24, 2.45) is 0 Å². The lowest BCUT2D eigenvalue weighted by Gasteiger charge is -2.11.